The summed E-state index contributed by atoms with van der Waals surface area (Å²) < 4.78 is 39.9. The molecule has 0 bridgehead atoms. The van der Waals surface area contributed by atoms with Crippen molar-refractivity contribution < 1.29 is 23.0 Å². The number of hydrogen-bond donors (Lipinski definition) is 2. The van der Waals surface area contributed by atoms with E-state index >= 15 is 0 Å². The molecule has 23 heavy (non-hydrogen) atoms. The molecule has 0 unspecified atom stereocenters. The second kappa shape index (κ2) is 6.98. The molecule has 5 nitrogen and oxygen atoms in total. The molecule has 0 saturated heterocycles. The summed E-state index contributed by atoms with van der Waals surface area (Å²) in [6.45, 7) is 0.0468. The fourth-order valence-corrected chi connectivity index (χ4v) is 1.84. The molecule has 2 rings (SSSR count). The standard InChI is InChI=1S/C15H12F3N3O2/c16-15(17,18)23-12-5-3-10(4-6-12)13(22)9-21-14-11(8-19)2-1-7-20-14/h1-7,13,22H,9H2,(H,20,21)/t13-/m0/s1. The zero-order valence-corrected chi connectivity index (χ0v) is 11.7. The minimum absolute atomic E-state index is 0.0468. The number of nitriles is 1. The summed E-state index contributed by atoms with van der Waals surface area (Å²) in [4.78, 5) is 3.98. The van der Waals surface area contributed by atoms with Crippen molar-refractivity contribution in [2.45, 2.75) is 12.5 Å². The molecule has 0 aliphatic heterocycles. The van der Waals surface area contributed by atoms with Crippen LogP contribution >= 0.6 is 0 Å². The van der Waals surface area contributed by atoms with Gasteiger partial charge in [-0.2, -0.15) is 5.26 Å². The molecule has 2 aromatic rings. The fourth-order valence-electron chi connectivity index (χ4n) is 1.84. The average Bonchev–Trinajstić information content (AvgIpc) is 2.52. The molecule has 1 aromatic heterocycles. The van der Waals surface area contributed by atoms with Gasteiger partial charge < -0.3 is 15.2 Å². The molecule has 8 heteroatoms. The van der Waals surface area contributed by atoms with Crippen molar-refractivity contribution in [2.75, 3.05) is 11.9 Å². The van der Waals surface area contributed by atoms with Crippen LogP contribution in [0.15, 0.2) is 42.6 Å². The number of ether oxygens (including phenoxy) is 1. The van der Waals surface area contributed by atoms with E-state index in [1.807, 2.05) is 6.07 Å². The molecule has 0 spiro atoms. The summed E-state index contributed by atoms with van der Waals surface area (Å²) in [5, 5.41) is 21.8. The third-order valence-electron chi connectivity index (χ3n) is 2.89. The van der Waals surface area contributed by atoms with Crippen molar-refractivity contribution in [2.24, 2.45) is 0 Å². The van der Waals surface area contributed by atoms with Crippen LogP contribution in [0.1, 0.15) is 17.2 Å². The number of anilines is 1. The number of benzene rings is 1. The first-order chi connectivity index (χ1) is 10.9. The van der Waals surface area contributed by atoms with Gasteiger partial charge in [0.2, 0.25) is 0 Å². The Morgan fingerprint density at radius 1 is 1.26 bits per heavy atom. The van der Waals surface area contributed by atoms with Crippen LogP contribution in [0.5, 0.6) is 5.75 Å². The summed E-state index contributed by atoms with van der Waals surface area (Å²) in [7, 11) is 0. The number of nitrogens with zero attached hydrogens (tertiary/aromatic N) is 2. The lowest BCUT2D eigenvalue weighted by Gasteiger charge is -2.14. The van der Waals surface area contributed by atoms with Crippen molar-refractivity contribution >= 4 is 5.82 Å². The highest BCUT2D eigenvalue weighted by Crippen LogP contribution is 2.24. The fraction of sp³-hybridized carbons (Fsp3) is 0.200. The number of halogens is 3. The van der Waals surface area contributed by atoms with Crippen LogP contribution < -0.4 is 10.1 Å². The molecule has 0 aliphatic carbocycles. The van der Waals surface area contributed by atoms with E-state index in [0.717, 1.165) is 12.1 Å². The van der Waals surface area contributed by atoms with Crippen LogP contribution in [0.25, 0.3) is 0 Å². The monoisotopic (exact) mass is 323 g/mol. The maximum absolute atomic E-state index is 12.1. The molecular formula is C15H12F3N3O2. The normalized spacial score (nSPS) is 12.3. The van der Waals surface area contributed by atoms with Crippen LogP contribution in [0.4, 0.5) is 19.0 Å². The number of alkyl halides is 3. The first-order valence-electron chi connectivity index (χ1n) is 6.52. The number of aliphatic hydroxyl groups excluding tert-OH is 1. The van der Waals surface area contributed by atoms with Gasteiger partial charge in [-0.3, -0.25) is 0 Å². The summed E-state index contributed by atoms with van der Waals surface area (Å²) in [6.07, 6.45) is -4.24. The second-order valence-electron chi connectivity index (χ2n) is 4.52. The minimum Gasteiger partial charge on any atom is -0.406 e. The van der Waals surface area contributed by atoms with Crippen LogP contribution in [0.2, 0.25) is 0 Å². The topological polar surface area (TPSA) is 78.2 Å². The van der Waals surface area contributed by atoms with Crippen molar-refractivity contribution in [3.05, 3.63) is 53.7 Å². The Bertz CT molecular complexity index is 696. The summed E-state index contributed by atoms with van der Waals surface area (Å²) >= 11 is 0. The van der Waals surface area contributed by atoms with Crippen LogP contribution in [0, 0.1) is 11.3 Å². The van der Waals surface area contributed by atoms with E-state index in [1.54, 1.807) is 12.1 Å². The first-order valence-corrected chi connectivity index (χ1v) is 6.52. The third kappa shape index (κ3) is 4.86. The predicted octanol–water partition coefficient (Wildman–Crippen LogP) is 3.00. The van der Waals surface area contributed by atoms with Gasteiger partial charge in [0, 0.05) is 12.7 Å². The van der Waals surface area contributed by atoms with E-state index < -0.39 is 12.5 Å². The van der Waals surface area contributed by atoms with Crippen molar-refractivity contribution in [3.8, 4) is 11.8 Å². The van der Waals surface area contributed by atoms with Crippen LogP contribution in [-0.2, 0) is 0 Å². The van der Waals surface area contributed by atoms with E-state index in [1.165, 1.54) is 18.3 Å². The number of hydrogen-bond acceptors (Lipinski definition) is 5. The van der Waals surface area contributed by atoms with E-state index in [4.69, 9.17) is 5.26 Å². The quantitative estimate of drug-likeness (QED) is 0.884. The highest BCUT2D eigenvalue weighted by atomic mass is 19.4. The molecule has 120 valence electrons. The summed E-state index contributed by atoms with van der Waals surface area (Å²) in [5.74, 6) is -0.0380. The number of nitrogens with one attached hydrogen (secondary N) is 1. The Kier molecular flexibility index (Phi) is 5.03. The van der Waals surface area contributed by atoms with E-state index in [9.17, 15) is 18.3 Å². The lowest BCUT2D eigenvalue weighted by atomic mass is 10.1. The molecule has 0 amide bonds. The Morgan fingerprint density at radius 3 is 2.57 bits per heavy atom. The number of aliphatic hydroxyl groups is 1. The van der Waals surface area contributed by atoms with Crippen molar-refractivity contribution in [3.63, 3.8) is 0 Å². The van der Waals surface area contributed by atoms with Crippen molar-refractivity contribution in [1.29, 1.82) is 5.26 Å². The van der Waals surface area contributed by atoms with Gasteiger partial charge in [-0.25, -0.2) is 4.98 Å². The Labute approximate surface area is 130 Å². The lowest BCUT2D eigenvalue weighted by Crippen LogP contribution is -2.17. The number of pyridine rings is 1. The maximum atomic E-state index is 12.1. The summed E-state index contributed by atoms with van der Waals surface area (Å²) in [5.41, 5.74) is 0.732. The van der Waals surface area contributed by atoms with Gasteiger partial charge in [-0.15, -0.1) is 13.2 Å². The predicted molar refractivity (Wildman–Crippen MR) is 75.5 cm³/mol. The Morgan fingerprint density at radius 2 is 1.96 bits per heavy atom. The molecular weight excluding hydrogens is 311 g/mol. The average molecular weight is 323 g/mol. The minimum atomic E-state index is -4.76. The second-order valence-corrected chi connectivity index (χ2v) is 4.52. The molecule has 1 heterocycles. The molecule has 1 atom stereocenters. The molecule has 1 aromatic carbocycles. The lowest BCUT2D eigenvalue weighted by molar-refractivity contribution is -0.274. The van der Waals surface area contributed by atoms with Gasteiger partial charge in [0.15, 0.2) is 0 Å². The van der Waals surface area contributed by atoms with Gasteiger partial charge in [0.25, 0.3) is 0 Å². The van der Waals surface area contributed by atoms with Gasteiger partial charge in [0.1, 0.15) is 17.6 Å². The van der Waals surface area contributed by atoms with E-state index in [0.29, 0.717) is 16.9 Å². The molecule has 0 saturated carbocycles. The van der Waals surface area contributed by atoms with Crippen molar-refractivity contribution in [1.82, 2.24) is 4.98 Å². The Hall–Kier alpha value is -2.79. The van der Waals surface area contributed by atoms with Crippen LogP contribution in [-0.4, -0.2) is 23.0 Å². The number of rotatable bonds is 5. The molecule has 0 radical (unpaired) electrons. The highest BCUT2D eigenvalue weighted by molar-refractivity contribution is 5.51. The zero-order chi connectivity index (χ0) is 16.9. The Balaban J connectivity index is 1.98. The smallest absolute Gasteiger partial charge is 0.406 e. The SMILES string of the molecule is N#Cc1cccnc1NC[C@H](O)c1ccc(OC(F)(F)F)cc1. The van der Waals surface area contributed by atoms with Gasteiger partial charge in [0.05, 0.1) is 11.7 Å². The number of aromatic nitrogens is 1. The molecule has 0 fully saturated rings. The first kappa shape index (κ1) is 16.6. The van der Waals surface area contributed by atoms with Crippen LogP contribution in [0.3, 0.4) is 0 Å². The third-order valence-corrected chi connectivity index (χ3v) is 2.89. The zero-order valence-electron chi connectivity index (χ0n) is 11.7. The largest absolute Gasteiger partial charge is 0.573 e. The van der Waals surface area contributed by atoms with Gasteiger partial charge in [-0.05, 0) is 29.8 Å². The van der Waals surface area contributed by atoms with Gasteiger partial charge in [-0.1, -0.05) is 12.1 Å². The summed E-state index contributed by atoms with van der Waals surface area (Å²) in [6, 6.07) is 10.0. The molecule has 2 N–H and O–H groups in total. The highest BCUT2D eigenvalue weighted by Gasteiger charge is 2.31. The molecule has 0 aliphatic rings. The maximum Gasteiger partial charge on any atom is 0.573 e. The van der Waals surface area contributed by atoms with E-state index in [-0.39, 0.29) is 12.3 Å². The van der Waals surface area contributed by atoms with E-state index in [2.05, 4.69) is 15.0 Å². The van der Waals surface area contributed by atoms with Gasteiger partial charge >= 0.3 is 6.36 Å².